The van der Waals surface area contributed by atoms with Crippen molar-refractivity contribution in [2.45, 2.75) is 153 Å². The Morgan fingerprint density at radius 3 is 1.19 bits per heavy atom. The number of nitrogens with zero attached hydrogens (tertiary/aromatic N) is 6. The number of nitro benzene ring substituents is 2. The molecule has 0 saturated heterocycles. The van der Waals surface area contributed by atoms with E-state index in [2.05, 4.69) is 21.3 Å². The van der Waals surface area contributed by atoms with Crippen LogP contribution in [0.15, 0.2) is 141 Å². The molecular formula is C69H75N11O14. The van der Waals surface area contributed by atoms with Crippen LogP contribution in [0, 0.1) is 43.4 Å². The number of aliphatic carboxylic acids is 1. The maximum atomic E-state index is 13.2. The van der Waals surface area contributed by atoms with E-state index >= 15 is 0 Å². The van der Waals surface area contributed by atoms with Crippen LogP contribution in [0.5, 0.6) is 0 Å². The summed E-state index contributed by atoms with van der Waals surface area (Å²) in [4.78, 5) is 132. The number of carbonyl (C=O) groups is 5. The largest absolute Gasteiger partial charge is 0.480 e. The number of aromatic nitrogens is 4. The van der Waals surface area contributed by atoms with Crippen LogP contribution in [-0.2, 0) is 24.0 Å². The number of benzene rings is 4. The average molecular weight is 1280 g/mol. The molecule has 0 spiro atoms. The van der Waals surface area contributed by atoms with Gasteiger partial charge in [0.2, 0.25) is 23.6 Å². The summed E-state index contributed by atoms with van der Waals surface area (Å²) in [5.74, 6) is 0.918. The summed E-state index contributed by atoms with van der Waals surface area (Å²) in [5, 5.41) is 46.0. The number of nitrogen functional groups attached to an aromatic ring is 1. The molecule has 0 radical (unpaired) electrons. The van der Waals surface area contributed by atoms with E-state index in [-0.39, 0.29) is 91.2 Å². The molecule has 7 aliphatic rings. The number of anilines is 2. The highest BCUT2D eigenvalue weighted by molar-refractivity contribution is 6.02. The molecular weight excluding hydrogens is 1210 g/mol. The lowest BCUT2D eigenvalue weighted by Crippen LogP contribution is -2.47. The Morgan fingerprint density at radius 1 is 0.489 bits per heavy atom. The van der Waals surface area contributed by atoms with E-state index < -0.39 is 51.1 Å². The molecule has 7 fully saturated rings. The molecule has 4 aromatic heterocycles. The Hall–Kier alpha value is -10.3. The van der Waals surface area contributed by atoms with E-state index in [1.165, 1.54) is 120 Å². The number of carbonyl (C=O) groups excluding carboxylic acids is 4. The third-order valence-corrected chi connectivity index (χ3v) is 19.2. The molecule has 7 N–H and O–H groups in total. The number of rotatable bonds is 16. The minimum atomic E-state index is -1.15. The molecule has 4 aromatic carbocycles. The van der Waals surface area contributed by atoms with Crippen LogP contribution in [0.25, 0.3) is 43.1 Å². The second kappa shape index (κ2) is 26.7. The number of hydrogen-bond acceptors (Lipinski definition) is 14. The molecule has 4 heterocycles. The smallest absolute Gasteiger partial charge is 0.326 e. The quantitative estimate of drug-likeness (QED) is 0.0298. The molecule has 15 rings (SSSR count). The van der Waals surface area contributed by atoms with Gasteiger partial charge in [0.25, 0.3) is 33.6 Å². The van der Waals surface area contributed by atoms with Gasteiger partial charge in [-0.25, -0.2) is 4.79 Å². The minimum absolute atomic E-state index is 0.0609. The predicted octanol–water partition coefficient (Wildman–Crippen LogP) is 9.11. The number of pyridine rings is 4. The second-order valence-electron chi connectivity index (χ2n) is 26.2. The summed E-state index contributed by atoms with van der Waals surface area (Å²) in [5.41, 5.74) is 5.65. The molecule has 8 aromatic rings. The number of amides is 4. The third kappa shape index (κ3) is 14.0. The number of nitrogens with one attached hydrogen (secondary N) is 4. The van der Waals surface area contributed by atoms with Crippen LogP contribution >= 0.6 is 0 Å². The lowest BCUT2D eigenvalue weighted by molar-refractivity contribution is -0.383. The van der Waals surface area contributed by atoms with Crippen LogP contribution in [0.1, 0.15) is 135 Å². The lowest BCUT2D eigenvalue weighted by atomic mass is 9.49. The first-order valence-electron chi connectivity index (χ1n) is 31.9. The monoisotopic (exact) mass is 1280 g/mol. The van der Waals surface area contributed by atoms with Gasteiger partial charge in [-0.1, -0.05) is 24.3 Å². The minimum Gasteiger partial charge on any atom is -0.480 e. The first-order chi connectivity index (χ1) is 44.9. The molecule has 0 aliphatic heterocycles. The standard InChI is InChI=1S/C27H33N3O3.C15H15N3O4.C15H17N3O2.C12H10N2O5/c1-16(25(32)28-20-5-6-20)30-8-7-21-22(26(30)33)3-2-4-23(21)29-24(31)15-27-12-17-9-18(13-27)11-19(10-17)14-27;1-9(14(19)16-10-5-6-10)17-8-7-11-12(15(17)20)3-2-4-13(11)18(21)22;1-9(14(19)17-10-5-6-10)18-8-7-11-12(15(18)20)3-2-4-13(11)16;1-7(12(16)17)13-6-5-8-9(11(13)15)3-2-4-10(8)14(18)19/h2-4,7-8,16-20H,5-6,9-15H2,1H3,(H,28,32)(H,29,31);2-4,7-10H,5-6H2,1H3,(H,16,19);2-4,7-10H,5-6,16H2,1H3,(H,17,19);2-7H,1H3,(H,16,17)/t16-,17?,18?,19?,27?;2*9-;7-/m1111/s1. The molecule has 94 heavy (non-hydrogen) atoms. The van der Waals surface area contributed by atoms with Crippen LogP contribution < -0.4 is 49.2 Å². The zero-order valence-corrected chi connectivity index (χ0v) is 52.5. The predicted molar refractivity (Wildman–Crippen MR) is 354 cm³/mol. The van der Waals surface area contributed by atoms with Crippen molar-refractivity contribution in [2.75, 3.05) is 11.1 Å². The van der Waals surface area contributed by atoms with Crippen molar-refractivity contribution in [2.24, 2.45) is 23.2 Å². The van der Waals surface area contributed by atoms with Gasteiger partial charge in [0.1, 0.15) is 24.2 Å². The molecule has 25 nitrogen and oxygen atoms in total. The number of hydrogen-bond donors (Lipinski definition) is 6. The van der Waals surface area contributed by atoms with Gasteiger partial charge in [-0.05, 0) is 189 Å². The number of non-ortho nitro benzene ring substituents is 2. The Bertz CT molecular complexity index is 4580. The number of nitro groups is 2. The van der Waals surface area contributed by atoms with Gasteiger partial charge in [-0.3, -0.25) is 58.6 Å². The Morgan fingerprint density at radius 2 is 0.819 bits per heavy atom. The first-order valence-corrected chi connectivity index (χ1v) is 31.9. The van der Waals surface area contributed by atoms with Crippen LogP contribution in [-0.4, -0.2) is 80.9 Å². The van der Waals surface area contributed by atoms with Crippen LogP contribution in [0.2, 0.25) is 0 Å². The molecule has 4 atom stereocenters. The molecule has 4 amide bonds. The fraction of sp³-hybridized carbons (Fsp3) is 0.406. The second-order valence-corrected chi connectivity index (χ2v) is 26.2. The normalized spacial score (nSPS) is 20.4. The topological polar surface area (TPSA) is 354 Å². The lowest BCUT2D eigenvalue weighted by Gasteiger charge is -2.56. The Balaban J connectivity index is 0.000000132. The van der Waals surface area contributed by atoms with Crippen LogP contribution in [0.4, 0.5) is 22.7 Å². The van der Waals surface area contributed by atoms with E-state index in [0.717, 1.165) is 71.6 Å². The van der Waals surface area contributed by atoms with Crippen molar-refractivity contribution in [1.29, 1.82) is 0 Å². The summed E-state index contributed by atoms with van der Waals surface area (Å²) >= 11 is 0. The van der Waals surface area contributed by atoms with Crippen LogP contribution in [0.3, 0.4) is 0 Å². The molecule has 25 heteroatoms. The highest BCUT2D eigenvalue weighted by atomic mass is 16.6. The zero-order valence-electron chi connectivity index (χ0n) is 52.5. The number of nitrogens with two attached hydrogens (primary N) is 1. The van der Waals surface area contributed by atoms with Crippen molar-refractivity contribution in [1.82, 2.24) is 34.2 Å². The average Bonchev–Trinajstić information content (AvgIpc) is 1.21. The van der Waals surface area contributed by atoms with Gasteiger partial charge >= 0.3 is 5.97 Å². The number of carboxylic acid groups (broad SMARTS) is 1. The molecule has 490 valence electrons. The van der Waals surface area contributed by atoms with Crippen molar-refractivity contribution < 1.29 is 38.9 Å². The van der Waals surface area contributed by atoms with Crippen molar-refractivity contribution >= 4 is 95.4 Å². The van der Waals surface area contributed by atoms with Gasteiger partial charge in [0, 0.05) is 94.4 Å². The summed E-state index contributed by atoms with van der Waals surface area (Å²) < 4.78 is 5.29. The molecule has 7 aliphatic carbocycles. The summed E-state index contributed by atoms with van der Waals surface area (Å²) in [6.07, 6.45) is 20.3. The van der Waals surface area contributed by atoms with E-state index in [4.69, 9.17) is 10.8 Å². The Labute approximate surface area is 537 Å². The summed E-state index contributed by atoms with van der Waals surface area (Å²) in [6, 6.07) is 23.7. The van der Waals surface area contributed by atoms with Gasteiger partial charge in [-0.15, -0.1) is 0 Å². The zero-order chi connectivity index (χ0) is 67.0. The van der Waals surface area contributed by atoms with Crippen molar-refractivity contribution in [3.8, 4) is 0 Å². The fourth-order valence-electron chi connectivity index (χ4n) is 14.0. The fourth-order valence-corrected chi connectivity index (χ4v) is 14.0. The summed E-state index contributed by atoms with van der Waals surface area (Å²) in [6.45, 7) is 6.49. The SMILES string of the molecule is C[C@H](C(=O)NC1CC1)n1ccc2c(N)cccc2c1=O.C[C@H](C(=O)NC1CC1)n1ccc2c(NC(=O)CC34CC5CC(CC(C5)C3)C4)cccc2c1=O.C[C@H](C(=O)NC1CC1)n1ccc2c([N+](=O)[O-])cccc2c1=O.C[C@H](C(=O)O)n1ccc2c([N+](=O)[O-])cccc2c1=O. The Kier molecular flexibility index (Phi) is 18.5. The molecule has 7 saturated carbocycles. The number of carboxylic acids is 1. The highest BCUT2D eigenvalue weighted by Crippen LogP contribution is 2.61. The third-order valence-electron chi connectivity index (χ3n) is 19.2. The van der Waals surface area contributed by atoms with Gasteiger partial charge in [0.15, 0.2) is 0 Å². The van der Waals surface area contributed by atoms with Gasteiger partial charge in [-0.2, -0.15) is 0 Å². The first kappa shape index (κ1) is 65.2. The van der Waals surface area contributed by atoms with Crippen molar-refractivity contribution in [3.05, 3.63) is 183 Å². The molecule has 4 bridgehead atoms. The van der Waals surface area contributed by atoms with E-state index in [0.29, 0.717) is 28.6 Å². The van der Waals surface area contributed by atoms with E-state index in [9.17, 15) is 63.4 Å². The molecule has 0 unspecified atom stereocenters. The van der Waals surface area contributed by atoms with E-state index in [1.54, 1.807) is 63.5 Å². The summed E-state index contributed by atoms with van der Waals surface area (Å²) in [7, 11) is 0. The van der Waals surface area contributed by atoms with E-state index in [1.807, 2.05) is 18.2 Å². The maximum absolute atomic E-state index is 13.2. The number of fused-ring (bicyclic) bond motifs is 4. The van der Waals surface area contributed by atoms with Gasteiger partial charge in [0.05, 0.1) is 31.4 Å². The highest BCUT2D eigenvalue weighted by Gasteiger charge is 2.51. The van der Waals surface area contributed by atoms with Crippen molar-refractivity contribution in [3.63, 3.8) is 0 Å². The maximum Gasteiger partial charge on any atom is 0.326 e. The van der Waals surface area contributed by atoms with Gasteiger partial charge < -0.3 is 50.4 Å².